The first-order valence-corrected chi connectivity index (χ1v) is 14.5. The number of hydrogen-bond acceptors (Lipinski definition) is 8. The van der Waals surface area contributed by atoms with Crippen molar-refractivity contribution in [1.29, 1.82) is 0 Å². The van der Waals surface area contributed by atoms with Crippen LogP contribution in [0.25, 0.3) is 0 Å². The zero-order valence-electron chi connectivity index (χ0n) is 24.5. The summed E-state index contributed by atoms with van der Waals surface area (Å²) in [6, 6.07) is 14.3. The predicted octanol–water partition coefficient (Wildman–Crippen LogP) is 0.856. The molecule has 3 N–H and O–H groups in total. The molecule has 2 aliphatic rings. The van der Waals surface area contributed by atoms with E-state index in [0.717, 1.165) is 5.56 Å². The number of benzene rings is 2. The third-order valence-electron chi connectivity index (χ3n) is 7.44. The normalized spacial score (nSPS) is 20.3. The van der Waals surface area contributed by atoms with Crippen LogP contribution in [0.15, 0.2) is 60.7 Å². The summed E-state index contributed by atoms with van der Waals surface area (Å²) in [5.74, 6) is -2.42. The minimum absolute atomic E-state index is 0.0303. The highest BCUT2D eigenvalue weighted by Crippen LogP contribution is 2.29. The van der Waals surface area contributed by atoms with Gasteiger partial charge in [0.2, 0.25) is 17.7 Å². The quantitative estimate of drug-likeness (QED) is 0.236. The van der Waals surface area contributed by atoms with Crippen molar-refractivity contribution in [3.63, 3.8) is 0 Å². The van der Waals surface area contributed by atoms with E-state index in [1.807, 2.05) is 30.3 Å². The number of amides is 3. The molecule has 0 spiro atoms. The molecule has 0 saturated carbocycles. The zero-order valence-corrected chi connectivity index (χ0v) is 24.5. The molecule has 2 aliphatic heterocycles. The summed E-state index contributed by atoms with van der Waals surface area (Å²) in [6.45, 7) is -0.289. The van der Waals surface area contributed by atoms with Crippen LogP contribution in [0.3, 0.4) is 0 Å². The fraction of sp³-hybridized carbons (Fsp3) is 0.484. The predicted molar refractivity (Wildman–Crippen MR) is 155 cm³/mol. The van der Waals surface area contributed by atoms with Crippen molar-refractivity contribution in [2.45, 2.75) is 50.1 Å². The third kappa shape index (κ3) is 10.2. The summed E-state index contributed by atoms with van der Waals surface area (Å²) in [4.78, 5) is 55.0. The Hall–Kier alpha value is -3.78. The number of Topliss-reactive ketones (excluding diaryl/α,β-unsaturated/α-hetero) is 1. The molecule has 0 radical (unpaired) electrons. The molecule has 2 aromatic carbocycles. The number of nitrogens with one attached hydrogen (secondary N) is 3. The topological polar surface area (TPSA) is 139 Å². The van der Waals surface area contributed by atoms with Gasteiger partial charge < -0.3 is 30.2 Å². The van der Waals surface area contributed by atoms with Crippen molar-refractivity contribution in [2.75, 3.05) is 46.1 Å². The Morgan fingerprint density at radius 3 is 1.91 bits per heavy atom. The van der Waals surface area contributed by atoms with E-state index in [-0.39, 0.29) is 31.8 Å². The van der Waals surface area contributed by atoms with Crippen LogP contribution >= 0.6 is 0 Å². The Kier molecular flexibility index (Phi) is 11.9. The van der Waals surface area contributed by atoms with Gasteiger partial charge in [-0.15, -0.1) is 0 Å². The number of alkyl halides is 2. The number of ether oxygens (including phenoxy) is 3. The van der Waals surface area contributed by atoms with Crippen LogP contribution in [0, 0.1) is 0 Å². The highest BCUT2D eigenvalue weighted by Gasteiger charge is 2.50. The van der Waals surface area contributed by atoms with Crippen molar-refractivity contribution in [1.82, 2.24) is 20.9 Å². The molecular formula is C31H38F2N4O7. The molecule has 2 heterocycles. The molecule has 238 valence electrons. The van der Waals surface area contributed by atoms with E-state index in [0.29, 0.717) is 31.9 Å². The molecule has 0 unspecified atom stereocenters. The minimum atomic E-state index is -3.18. The molecule has 0 bridgehead atoms. The van der Waals surface area contributed by atoms with Gasteiger partial charge >= 0.3 is 6.61 Å². The van der Waals surface area contributed by atoms with Crippen LogP contribution in [-0.2, 0) is 46.2 Å². The lowest BCUT2D eigenvalue weighted by atomic mass is 9.94. The number of morpholine rings is 1. The summed E-state index contributed by atoms with van der Waals surface area (Å²) in [5.41, 5.74) is 0.493. The van der Waals surface area contributed by atoms with E-state index in [1.54, 1.807) is 42.2 Å². The molecule has 44 heavy (non-hydrogen) atoms. The highest BCUT2D eigenvalue weighted by atomic mass is 19.3. The first-order valence-electron chi connectivity index (χ1n) is 14.5. The molecule has 3 amide bonds. The lowest BCUT2D eigenvalue weighted by molar-refractivity contribution is -0.148. The van der Waals surface area contributed by atoms with Crippen LogP contribution in [0.2, 0.25) is 0 Å². The highest BCUT2D eigenvalue weighted by molar-refractivity contribution is 5.98. The van der Waals surface area contributed by atoms with Crippen molar-refractivity contribution in [3.05, 3.63) is 71.8 Å². The van der Waals surface area contributed by atoms with E-state index < -0.39 is 54.7 Å². The van der Waals surface area contributed by atoms with Gasteiger partial charge in [-0.2, -0.15) is 8.78 Å². The Bertz CT molecular complexity index is 1260. The fourth-order valence-corrected chi connectivity index (χ4v) is 4.84. The summed E-state index contributed by atoms with van der Waals surface area (Å²) in [7, 11) is 0. The number of rotatable bonds is 16. The number of carbonyl (C=O) groups is 4. The number of carbonyl (C=O) groups excluding carboxylic acids is 4. The second kappa shape index (κ2) is 15.8. The molecule has 2 saturated heterocycles. The molecule has 11 nitrogen and oxygen atoms in total. The van der Waals surface area contributed by atoms with Crippen LogP contribution < -0.4 is 16.0 Å². The summed E-state index contributed by atoms with van der Waals surface area (Å²) >= 11 is 0. The molecule has 0 aromatic heterocycles. The summed E-state index contributed by atoms with van der Waals surface area (Å²) in [5, 5.41) is 7.83. The lowest BCUT2D eigenvalue weighted by Gasteiger charge is -2.28. The Balaban J connectivity index is 1.50. The Morgan fingerprint density at radius 1 is 0.841 bits per heavy atom. The molecule has 2 aromatic rings. The molecule has 0 aliphatic carbocycles. The average molecular weight is 617 g/mol. The minimum Gasteiger partial charge on any atom is -0.379 e. The van der Waals surface area contributed by atoms with E-state index in [9.17, 15) is 28.0 Å². The maximum absolute atomic E-state index is 13.7. The Labute approximate surface area is 254 Å². The third-order valence-corrected chi connectivity index (χ3v) is 7.44. The molecule has 13 heteroatoms. The standard InChI is InChI=1S/C31H38F2N4O7/c1-31(20-44-31)27(39)23(16-21-8-4-2-5-9-21)35-28(40)24(17-22-10-6-3-7-11-22)36-29(41)25(19-43-30(32)33)34-26(38)18-37-12-14-42-15-13-37/h2-11,23-25,30H,12-20H2,1H3,(H,34,38)(H,35,40)(H,36,41)/t23-,24-,25-,31-/m0/s1. The van der Waals surface area contributed by atoms with Crippen molar-refractivity contribution >= 4 is 23.5 Å². The monoisotopic (exact) mass is 616 g/mol. The molecular weight excluding hydrogens is 578 g/mol. The fourth-order valence-electron chi connectivity index (χ4n) is 4.84. The Morgan fingerprint density at radius 2 is 1.36 bits per heavy atom. The van der Waals surface area contributed by atoms with Gasteiger partial charge in [0.15, 0.2) is 5.78 Å². The van der Waals surface area contributed by atoms with Crippen LogP contribution in [0.5, 0.6) is 0 Å². The lowest BCUT2D eigenvalue weighted by Crippen LogP contribution is -2.59. The number of nitrogens with zero attached hydrogens (tertiary/aromatic N) is 1. The zero-order chi connectivity index (χ0) is 31.5. The van der Waals surface area contributed by atoms with E-state index in [1.165, 1.54) is 0 Å². The number of halogens is 2. The first-order chi connectivity index (χ1) is 21.1. The second-order valence-corrected chi connectivity index (χ2v) is 11.0. The maximum atomic E-state index is 13.7. The molecule has 4 rings (SSSR count). The van der Waals surface area contributed by atoms with Gasteiger partial charge in [0.05, 0.1) is 39.0 Å². The van der Waals surface area contributed by atoms with Crippen molar-refractivity contribution < 1.29 is 42.2 Å². The van der Waals surface area contributed by atoms with Gasteiger partial charge in [-0.3, -0.25) is 24.1 Å². The summed E-state index contributed by atoms with van der Waals surface area (Å²) in [6.07, 6.45) is 0.224. The smallest absolute Gasteiger partial charge is 0.345 e. The van der Waals surface area contributed by atoms with Crippen LogP contribution in [-0.4, -0.2) is 105 Å². The number of epoxide rings is 1. The number of ketones is 1. The average Bonchev–Trinajstić information content (AvgIpc) is 3.77. The van der Waals surface area contributed by atoms with Gasteiger partial charge in [0.25, 0.3) is 0 Å². The van der Waals surface area contributed by atoms with E-state index in [2.05, 4.69) is 20.7 Å². The van der Waals surface area contributed by atoms with Gasteiger partial charge in [0, 0.05) is 19.5 Å². The van der Waals surface area contributed by atoms with Crippen molar-refractivity contribution in [2.24, 2.45) is 0 Å². The van der Waals surface area contributed by atoms with E-state index >= 15 is 0 Å². The van der Waals surface area contributed by atoms with Crippen molar-refractivity contribution in [3.8, 4) is 0 Å². The van der Waals surface area contributed by atoms with Crippen LogP contribution in [0.4, 0.5) is 8.78 Å². The SMILES string of the molecule is C[C@@]1(C(=O)[C@H](Cc2ccccc2)NC(=O)[C@H](Cc2ccccc2)NC(=O)[C@H](COC(F)F)NC(=O)CN2CCOCC2)CO1. The van der Waals surface area contributed by atoms with Gasteiger partial charge in [-0.05, 0) is 24.5 Å². The van der Waals surface area contributed by atoms with Gasteiger partial charge in [0.1, 0.15) is 17.7 Å². The molecule has 2 fully saturated rings. The first kappa shape index (κ1) is 33.1. The second-order valence-electron chi connectivity index (χ2n) is 11.0. The van der Waals surface area contributed by atoms with E-state index in [4.69, 9.17) is 9.47 Å². The largest absolute Gasteiger partial charge is 0.379 e. The van der Waals surface area contributed by atoms with Gasteiger partial charge in [-0.1, -0.05) is 60.7 Å². The maximum Gasteiger partial charge on any atom is 0.345 e. The van der Waals surface area contributed by atoms with Gasteiger partial charge in [-0.25, -0.2) is 0 Å². The molecule has 4 atom stereocenters. The number of hydrogen-bond donors (Lipinski definition) is 3. The summed E-state index contributed by atoms with van der Waals surface area (Å²) < 4.78 is 40.9. The van der Waals surface area contributed by atoms with Crippen LogP contribution in [0.1, 0.15) is 18.1 Å².